The van der Waals surface area contributed by atoms with E-state index in [2.05, 4.69) is 23.3 Å². The van der Waals surface area contributed by atoms with Gasteiger partial charge in [0.25, 0.3) is 0 Å². The van der Waals surface area contributed by atoms with Gasteiger partial charge in [-0.25, -0.2) is 4.79 Å². The lowest BCUT2D eigenvalue weighted by atomic mass is 9.84. The van der Waals surface area contributed by atoms with Gasteiger partial charge in [-0.15, -0.1) is 0 Å². The van der Waals surface area contributed by atoms with Crippen LogP contribution in [0.2, 0.25) is 0 Å². The predicted octanol–water partition coefficient (Wildman–Crippen LogP) is 0.0362. The normalized spacial score (nSPS) is 18.2. The Kier molecular flexibility index (Phi) is 10.1. The standard InChI is InChI=1S/C24H37N5O5S/c1-24(2,3)20(27-11-16(25)13-35)22(32)29-12-15-7-5-4-6-14(15)10-18(29)21(31)28-17(23(33)34)8-9-19(26)30/h4-7,16-18,20,27,35H,8-13,25H2,1-3H3,(H2,26,30)(H,28,31)(H,33,34)/t16-,17-,18+,20-/m1/s1. The maximum atomic E-state index is 13.9. The fourth-order valence-corrected chi connectivity index (χ4v) is 4.19. The third kappa shape index (κ3) is 7.94. The van der Waals surface area contributed by atoms with Crippen LogP contribution in [0.25, 0.3) is 0 Å². The van der Waals surface area contributed by atoms with E-state index in [-0.39, 0.29) is 37.8 Å². The Balaban J connectivity index is 2.35. The van der Waals surface area contributed by atoms with Crippen LogP contribution < -0.4 is 22.1 Å². The molecule has 0 aliphatic carbocycles. The maximum absolute atomic E-state index is 13.9. The van der Waals surface area contributed by atoms with Crippen molar-refractivity contribution in [3.05, 3.63) is 35.4 Å². The second-order valence-electron chi connectivity index (χ2n) is 10.0. The zero-order valence-electron chi connectivity index (χ0n) is 20.5. The van der Waals surface area contributed by atoms with Gasteiger partial charge in [-0.05, 0) is 23.0 Å². The van der Waals surface area contributed by atoms with Crippen LogP contribution in [0.3, 0.4) is 0 Å². The number of carboxylic acids is 1. The minimum absolute atomic E-state index is 0.137. The first-order valence-corrected chi connectivity index (χ1v) is 12.3. The summed E-state index contributed by atoms with van der Waals surface area (Å²) in [6.07, 6.45) is -0.0841. The molecule has 0 saturated carbocycles. The van der Waals surface area contributed by atoms with E-state index < -0.39 is 41.3 Å². The molecule has 1 aromatic carbocycles. The highest BCUT2D eigenvalue weighted by atomic mass is 32.1. The number of hydrogen-bond donors (Lipinski definition) is 6. The molecule has 1 aromatic rings. The summed E-state index contributed by atoms with van der Waals surface area (Å²) >= 11 is 4.20. The highest BCUT2D eigenvalue weighted by Gasteiger charge is 2.41. The van der Waals surface area contributed by atoms with Crippen LogP contribution in [0.4, 0.5) is 0 Å². The molecule has 194 valence electrons. The molecule has 11 heteroatoms. The van der Waals surface area contributed by atoms with Crippen molar-refractivity contribution in [3.8, 4) is 0 Å². The smallest absolute Gasteiger partial charge is 0.326 e. The van der Waals surface area contributed by atoms with Crippen molar-refractivity contribution >= 4 is 36.3 Å². The molecule has 1 aliphatic heterocycles. The molecular formula is C24H37N5O5S. The fourth-order valence-electron chi connectivity index (χ4n) is 4.06. The number of carboxylic acid groups (broad SMARTS) is 1. The summed E-state index contributed by atoms with van der Waals surface area (Å²) in [7, 11) is 0. The number of thiol groups is 1. The summed E-state index contributed by atoms with van der Waals surface area (Å²) in [6.45, 7) is 6.34. The van der Waals surface area contributed by atoms with Crippen molar-refractivity contribution < 1.29 is 24.3 Å². The average Bonchev–Trinajstić information content (AvgIpc) is 2.79. The van der Waals surface area contributed by atoms with E-state index >= 15 is 0 Å². The Morgan fingerprint density at radius 1 is 1.20 bits per heavy atom. The first kappa shape index (κ1) is 28.6. The minimum Gasteiger partial charge on any atom is -0.480 e. The molecular weight excluding hydrogens is 470 g/mol. The minimum atomic E-state index is -1.30. The zero-order valence-corrected chi connectivity index (χ0v) is 21.4. The van der Waals surface area contributed by atoms with E-state index in [0.717, 1.165) is 11.1 Å². The van der Waals surface area contributed by atoms with Crippen LogP contribution in [0.5, 0.6) is 0 Å². The van der Waals surface area contributed by atoms with Gasteiger partial charge in [-0.1, -0.05) is 45.0 Å². The average molecular weight is 508 g/mol. The van der Waals surface area contributed by atoms with Crippen molar-refractivity contribution in [1.82, 2.24) is 15.5 Å². The van der Waals surface area contributed by atoms with E-state index in [4.69, 9.17) is 11.5 Å². The van der Waals surface area contributed by atoms with Crippen molar-refractivity contribution in [2.45, 2.75) is 70.7 Å². The largest absolute Gasteiger partial charge is 0.480 e. The van der Waals surface area contributed by atoms with E-state index in [1.54, 1.807) is 0 Å². The van der Waals surface area contributed by atoms with Crippen LogP contribution in [-0.4, -0.2) is 70.2 Å². The molecule has 1 heterocycles. The second kappa shape index (κ2) is 12.4. The fraction of sp³-hybridized carbons (Fsp3) is 0.583. The summed E-state index contributed by atoms with van der Waals surface area (Å²) in [5.41, 5.74) is 12.5. The second-order valence-corrected chi connectivity index (χ2v) is 10.4. The first-order valence-electron chi connectivity index (χ1n) is 11.6. The van der Waals surface area contributed by atoms with Crippen molar-refractivity contribution in [1.29, 1.82) is 0 Å². The summed E-state index contributed by atoms with van der Waals surface area (Å²) < 4.78 is 0. The molecule has 2 rings (SSSR count). The van der Waals surface area contributed by atoms with E-state index in [1.807, 2.05) is 45.0 Å². The summed E-state index contributed by atoms with van der Waals surface area (Å²) in [5.74, 6) is -2.36. The lowest BCUT2D eigenvalue weighted by Gasteiger charge is -2.41. The van der Waals surface area contributed by atoms with Gasteiger partial charge in [0, 0.05) is 37.7 Å². The van der Waals surface area contributed by atoms with Crippen LogP contribution in [0, 0.1) is 5.41 Å². The molecule has 0 saturated heterocycles. The summed E-state index contributed by atoms with van der Waals surface area (Å²) in [4.78, 5) is 51.5. The molecule has 0 radical (unpaired) electrons. The van der Waals surface area contributed by atoms with Crippen LogP contribution in [0.15, 0.2) is 24.3 Å². The molecule has 10 nitrogen and oxygen atoms in total. The Hall–Kier alpha value is -2.63. The Morgan fingerprint density at radius 3 is 2.37 bits per heavy atom. The quantitative estimate of drug-likeness (QED) is 0.230. The van der Waals surface area contributed by atoms with E-state index in [9.17, 15) is 24.3 Å². The number of benzene rings is 1. The topological polar surface area (TPSA) is 168 Å². The van der Waals surface area contributed by atoms with Crippen LogP contribution >= 0.6 is 12.6 Å². The Morgan fingerprint density at radius 2 is 1.83 bits per heavy atom. The molecule has 3 amide bonds. The van der Waals surface area contributed by atoms with Crippen LogP contribution in [0.1, 0.15) is 44.7 Å². The number of nitrogens with two attached hydrogens (primary N) is 2. The number of aliphatic carboxylic acids is 1. The third-order valence-electron chi connectivity index (χ3n) is 6.06. The SMILES string of the molecule is CC(C)(C)[C@H](NC[C@@H](N)CS)C(=O)N1Cc2ccccc2C[C@H]1C(=O)N[C@H](CCC(N)=O)C(=O)O. The summed E-state index contributed by atoms with van der Waals surface area (Å²) in [5, 5.41) is 15.3. The van der Waals surface area contributed by atoms with Crippen molar-refractivity contribution in [2.24, 2.45) is 16.9 Å². The molecule has 0 aromatic heterocycles. The van der Waals surface area contributed by atoms with Gasteiger partial charge in [0.15, 0.2) is 0 Å². The molecule has 1 aliphatic rings. The number of nitrogens with one attached hydrogen (secondary N) is 2. The summed E-state index contributed by atoms with van der Waals surface area (Å²) in [6, 6.07) is 4.43. The van der Waals surface area contributed by atoms with Gasteiger partial charge >= 0.3 is 5.97 Å². The van der Waals surface area contributed by atoms with E-state index in [1.165, 1.54) is 4.90 Å². The zero-order chi connectivity index (χ0) is 26.3. The highest BCUT2D eigenvalue weighted by Crippen LogP contribution is 2.28. The molecule has 4 atom stereocenters. The number of nitrogens with zero attached hydrogens (tertiary/aromatic N) is 1. The number of carbonyl (C=O) groups excluding carboxylic acids is 3. The number of fused-ring (bicyclic) bond motifs is 1. The Labute approximate surface area is 211 Å². The van der Waals surface area contributed by atoms with Gasteiger partial charge in [0.1, 0.15) is 12.1 Å². The van der Waals surface area contributed by atoms with Crippen molar-refractivity contribution in [2.75, 3.05) is 12.3 Å². The lowest BCUT2D eigenvalue weighted by molar-refractivity contribution is -0.147. The predicted molar refractivity (Wildman–Crippen MR) is 136 cm³/mol. The molecule has 7 N–H and O–H groups in total. The lowest BCUT2D eigenvalue weighted by Crippen LogP contribution is -2.61. The molecule has 0 spiro atoms. The number of primary amides is 1. The molecule has 0 fully saturated rings. The highest BCUT2D eigenvalue weighted by molar-refractivity contribution is 7.80. The van der Waals surface area contributed by atoms with Crippen LogP contribution in [-0.2, 0) is 32.1 Å². The number of amides is 3. The van der Waals surface area contributed by atoms with Gasteiger partial charge in [-0.3, -0.25) is 14.4 Å². The molecule has 35 heavy (non-hydrogen) atoms. The Bertz CT molecular complexity index is 935. The number of rotatable bonds is 11. The van der Waals surface area contributed by atoms with Gasteiger partial charge in [0.05, 0.1) is 6.04 Å². The van der Waals surface area contributed by atoms with Gasteiger partial charge < -0.3 is 32.1 Å². The van der Waals surface area contributed by atoms with Gasteiger partial charge in [0.2, 0.25) is 17.7 Å². The molecule has 0 bridgehead atoms. The monoisotopic (exact) mass is 507 g/mol. The number of hydrogen-bond acceptors (Lipinski definition) is 7. The third-order valence-corrected chi connectivity index (χ3v) is 6.53. The maximum Gasteiger partial charge on any atom is 0.326 e. The number of carbonyl (C=O) groups is 4. The molecule has 0 unspecified atom stereocenters. The first-order chi connectivity index (χ1) is 16.3. The van der Waals surface area contributed by atoms with Crippen molar-refractivity contribution in [3.63, 3.8) is 0 Å². The van der Waals surface area contributed by atoms with Gasteiger partial charge in [-0.2, -0.15) is 12.6 Å². The van der Waals surface area contributed by atoms with E-state index in [0.29, 0.717) is 12.3 Å².